The van der Waals surface area contributed by atoms with Gasteiger partial charge >= 0.3 is 17.6 Å². The lowest BCUT2D eigenvalue weighted by Crippen LogP contribution is -2.55. The third-order valence-corrected chi connectivity index (χ3v) is 5.91. The maximum absolute atomic E-state index is 13.0. The minimum Gasteiger partial charge on any atom is -0.330 e. The van der Waals surface area contributed by atoms with Crippen molar-refractivity contribution in [1.29, 1.82) is 0 Å². The van der Waals surface area contributed by atoms with E-state index in [0.717, 1.165) is 51.4 Å². The maximum Gasteiger partial charge on any atom is 0.307 e. The van der Waals surface area contributed by atoms with E-state index in [1.54, 1.807) is 9.80 Å². The molecule has 0 heterocycles. The Labute approximate surface area is 158 Å². The van der Waals surface area contributed by atoms with Gasteiger partial charge in [-0.1, -0.05) is 38.5 Å². The summed E-state index contributed by atoms with van der Waals surface area (Å²) in [7, 11) is 0. The lowest BCUT2D eigenvalue weighted by atomic mass is 9.92. The van der Waals surface area contributed by atoms with Gasteiger partial charge in [-0.15, -0.1) is 0 Å². The highest BCUT2D eigenvalue weighted by Crippen LogP contribution is 2.26. The van der Waals surface area contributed by atoms with Gasteiger partial charge in [-0.2, -0.15) is 0 Å². The van der Waals surface area contributed by atoms with Crippen LogP contribution in [0.1, 0.15) is 91.9 Å². The van der Waals surface area contributed by atoms with Crippen LogP contribution < -0.4 is 0 Å². The van der Waals surface area contributed by atoms with E-state index in [9.17, 15) is 14.4 Å². The van der Waals surface area contributed by atoms with E-state index >= 15 is 0 Å². The van der Waals surface area contributed by atoms with Crippen molar-refractivity contribution in [3.05, 3.63) is 0 Å². The van der Waals surface area contributed by atoms with E-state index in [1.807, 2.05) is 27.7 Å². The van der Waals surface area contributed by atoms with Gasteiger partial charge in [0.1, 0.15) is 0 Å². The highest BCUT2D eigenvalue weighted by Gasteiger charge is 2.39. The number of carbonyl (C=O) groups excluding carboxylic acids is 3. The minimum absolute atomic E-state index is 0.0652. The zero-order chi connectivity index (χ0) is 19.3. The molecule has 0 spiro atoms. The van der Waals surface area contributed by atoms with Gasteiger partial charge in [0.2, 0.25) is 0 Å². The summed E-state index contributed by atoms with van der Waals surface area (Å²) >= 11 is 0. The van der Waals surface area contributed by atoms with Crippen LogP contribution in [0.15, 0.2) is 0 Å². The summed E-state index contributed by atoms with van der Waals surface area (Å²) in [6.45, 7) is 7.74. The van der Waals surface area contributed by atoms with Gasteiger partial charge < -0.3 is 9.80 Å². The number of rotatable bonds is 6. The Morgan fingerprint density at radius 1 is 0.615 bits per heavy atom. The molecule has 5 nitrogen and oxygen atoms in total. The van der Waals surface area contributed by atoms with Crippen molar-refractivity contribution in [2.24, 2.45) is 0 Å². The summed E-state index contributed by atoms with van der Waals surface area (Å²) < 4.78 is 0. The number of ketones is 1. The molecule has 2 rings (SSSR count). The average Bonchev–Trinajstić information content (AvgIpc) is 2.62. The molecule has 0 saturated heterocycles. The van der Waals surface area contributed by atoms with Gasteiger partial charge in [0, 0.05) is 24.2 Å². The van der Waals surface area contributed by atoms with Gasteiger partial charge in [0.15, 0.2) is 0 Å². The molecule has 0 unspecified atom stereocenters. The molecule has 2 amide bonds. The summed E-state index contributed by atoms with van der Waals surface area (Å²) in [6, 6.07) is 0.0550. The van der Waals surface area contributed by atoms with Gasteiger partial charge in [-0.3, -0.25) is 14.4 Å². The number of hydrogen-bond acceptors (Lipinski definition) is 3. The molecule has 2 fully saturated rings. The topological polar surface area (TPSA) is 57.7 Å². The molecule has 0 aromatic heterocycles. The van der Waals surface area contributed by atoms with E-state index in [2.05, 4.69) is 0 Å². The van der Waals surface area contributed by atoms with Gasteiger partial charge in [-0.25, -0.2) is 0 Å². The Hall–Kier alpha value is -1.39. The molecule has 0 atom stereocenters. The molecular weight excluding hydrogens is 328 g/mol. The Balaban J connectivity index is 2.14. The first-order valence-corrected chi connectivity index (χ1v) is 10.5. The zero-order valence-corrected chi connectivity index (χ0v) is 17.0. The number of nitrogens with zero attached hydrogens (tertiary/aromatic N) is 2. The lowest BCUT2D eigenvalue weighted by molar-refractivity contribution is -0.158. The van der Waals surface area contributed by atoms with Crippen molar-refractivity contribution in [2.45, 2.75) is 116 Å². The van der Waals surface area contributed by atoms with E-state index in [-0.39, 0.29) is 24.2 Å². The first kappa shape index (κ1) is 20.9. The molecule has 0 aromatic rings. The largest absolute Gasteiger partial charge is 0.330 e. The number of amides is 2. The standard InChI is InChI=1S/C21H36N2O3/c1-15(2)22(17-11-7-5-8-12-17)20(25)19(24)21(26)23(16(3)4)18-13-9-6-10-14-18/h15-18H,5-14H2,1-4H3. The summed E-state index contributed by atoms with van der Waals surface area (Å²) in [4.78, 5) is 42.1. The molecule has 2 saturated carbocycles. The third kappa shape index (κ3) is 4.86. The van der Waals surface area contributed by atoms with Crippen LogP contribution in [-0.4, -0.2) is 51.6 Å². The highest BCUT2D eigenvalue weighted by molar-refractivity contribution is 6.62. The van der Waals surface area contributed by atoms with Crippen LogP contribution in [0, 0.1) is 0 Å². The molecule has 0 N–H and O–H groups in total. The van der Waals surface area contributed by atoms with Crippen LogP contribution in [0.2, 0.25) is 0 Å². The molecular formula is C21H36N2O3. The Bertz CT molecular complexity index is 459. The van der Waals surface area contributed by atoms with Gasteiger partial charge in [0.25, 0.3) is 0 Å². The van der Waals surface area contributed by atoms with Crippen LogP contribution >= 0.6 is 0 Å². The van der Waals surface area contributed by atoms with Crippen molar-refractivity contribution >= 4 is 17.6 Å². The number of carbonyl (C=O) groups is 3. The van der Waals surface area contributed by atoms with Crippen molar-refractivity contribution in [2.75, 3.05) is 0 Å². The molecule has 0 bridgehead atoms. The van der Waals surface area contributed by atoms with Gasteiger partial charge in [0.05, 0.1) is 0 Å². The monoisotopic (exact) mass is 364 g/mol. The SMILES string of the molecule is CC(C)N(C(=O)C(=O)C(=O)N(C(C)C)C1CCCCC1)C1CCCCC1. The summed E-state index contributed by atoms with van der Waals surface area (Å²) in [5.74, 6) is -2.04. The highest BCUT2D eigenvalue weighted by atomic mass is 16.2. The van der Waals surface area contributed by atoms with Crippen LogP contribution in [0.3, 0.4) is 0 Å². The number of Topliss-reactive ketones (excluding diaryl/α,β-unsaturated/α-hetero) is 1. The second kappa shape index (κ2) is 9.52. The molecule has 26 heavy (non-hydrogen) atoms. The summed E-state index contributed by atoms with van der Waals surface area (Å²) in [5.41, 5.74) is 0. The fraction of sp³-hybridized carbons (Fsp3) is 0.857. The maximum atomic E-state index is 13.0. The molecule has 0 aromatic carbocycles. The predicted octanol–water partition coefficient (Wildman–Crippen LogP) is 3.69. The Kier molecular flexibility index (Phi) is 7.66. The first-order valence-electron chi connectivity index (χ1n) is 10.5. The molecule has 5 heteroatoms. The second-order valence-corrected chi connectivity index (χ2v) is 8.53. The van der Waals surface area contributed by atoms with Gasteiger partial charge in [-0.05, 0) is 53.4 Å². The molecule has 2 aliphatic carbocycles. The third-order valence-electron chi connectivity index (χ3n) is 5.91. The van der Waals surface area contributed by atoms with E-state index in [1.165, 1.54) is 12.8 Å². The quantitative estimate of drug-likeness (QED) is 0.533. The van der Waals surface area contributed by atoms with Crippen LogP contribution in [0.5, 0.6) is 0 Å². The first-order chi connectivity index (χ1) is 12.3. The molecule has 0 aliphatic heterocycles. The number of hydrogen-bond donors (Lipinski definition) is 0. The second-order valence-electron chi connectivity index (χ2n) is 8.53. The lowest BCUT2D eigenvalue weighted by Gasteiger charge is -2.39. The fourth-order valence-electron chi connectivity index (χ4n) is 4.69. The van der Waals surface area contributed by atoms with Crippen LogP contribution in [-0.2, 0) is 14.4 Å². The average molecular weight is 365 g/mol. The summed E-state index contributed by atoms with van der Waals surface area (Å²) in [5, 5.41) is 0. The van der Waals surface area contributed by atoms with Crippen molar-refractivity contribution < 1.29 is 14.4 Å². The molecule has 148 valence electrons. The van der Waals surface area contributed by atoms with E-state index in [0.29, 0.717) is 0 Å². The van der Waals surface area contributed by atoms with E-state index in [4.69, 9.17) is 0 Å². The van der Waals surface area contributed by atoms with E-state index < -0.39 is 17.6 Å². The molecule has 2 aliphatic rings. The van der Waals surface area contributed by atoms with Crippen molar-refractivity contribution in [3.63, 3.8) is 0 Å². The Morgan fingerprint density at radius 3 is 1.19 bits per heavy atom. The van der Waals surface area contributed by atoms with Crippen molar-refractivity contribution in [3.8, 4) is 0 Å². The Morgan fingerprint density at radius 2 is 0.923 bits per heavy atom. The summed E-state index contributed by atoms with van der Waals surface area (Å²) in [6.07, 6.45) is 10.5. The van der Waals surface area contributed by atoms with Crippen LogP contribution in [0.4, 0.5) is 0 Å². The zero-order valence-electron chi connectivity index (χ0n) is 17.0. The fourth-order valence-corrected chi connectivity index (χ4v) is 4.69. The molecule has 0 radical (unpaired) electrons. The van der Waals surface area contributed by atoms with Crippen LogP contribution in [0.25, 0.3) is 0 Å². The normalized spacial score (nSPS) is 19.6. The smallest absolute Gasteiger partial charge is 0.307 e. The predicted molar refractivity (Wildman–Crippen MR) is 103 cm³/mol. The minimum atomic E-state index is -0.844. The van der Waals surface area contributed by atoms with Crippen molar-refractivity contribution in [1.82, 2.24) is 9.80 Å².